The van der Waals surface area contributed by atoms with Crippen LogP contribution in [0.25, 0.3) is 0 Å². The van der Waals surface area contributed by atoms with Crippen molar-refractivity contribution in [2.75, 3.05) is 0 Å². The minimum atomic E-state index is -1.90. The van der Waals surface area contributed by atoms with Crippen molar-refractivity contribution in [3.05, 3.63) is 24.3 Å². The number of hydrogen-bond acceptors (Lipinski definition) is 5. The van der Waals surface area contributed by atoms with Gasteiger partial charge >= 0.3 is 0 Å². The summed E-state index contributed by atoms with van der Waals surface area (Å²) in [6.45, 7) is 10.8. The summed E-state index contributed by atoms with van der Waals surface area (Å²) in [7, 11) is 0. The predicted molar refractivity (Wildman–Crippen MR) is 97.3 cm³/mol. The molecule has 0 saturated heterocycles. The van der Waals surface area contributed by atoms with Gasteiger partial charge in [0, 0.05) is 10.8 Å². The lowest BCUT2D eigenvalue weighted by molar-refractivity contribution is -0.141. The highest BCUT2D eigenvalue weighted by Crippen LogP contribution is 2.39. The van der Waals surface area contributed by atoms with E-state index in [4.69, 9.17) is 4.74 Å². The van der Waals surface area contributed by atoms with Crippen LogP contribution < -0.4 is 4.74 Å². The summed E-state index contributed by atoms with van der Waals surface area (Å²) in [5.41, 5.74) is -0.472. The van der Waals surface area contributed by atoms with Gasteiger partial charge in [0.05, 0.1) is 18.6 Å². The van der Waals surface area contributed by atoms with Crippen molar-refractivity contribution in [2.45, 2.75) is 60.2 Å². The largest absolute Gasteiger partial charge is 0.454 e. The second-order valence-corrected chi connectivity index (χ2v) is 8.61. The molecule has 1 heterocycles. The second kappa shape index (κ2) is 6.37. The van der Waals surface area contributed by atoms with E-state index in [1.54, 1.807) is 45.0 Å². The van der Waals surface area contributed by atoms with E-state index in [1.807, 2.05) is 20.8 Å². The Labute approximate surface area is 149 Å². The molecule has 0 bridgehead atoms. The molecule has 25 heavy (non-hydrogen) atoms. The van der Waals surface area contributed by atoms with Gasteiger partial charge in [-0.05, 0) is 12.1 Å². The summed E-state index contributed by atoms with van der Waals surface area (Å²) in [4.78, 5) is 29.4. The average Bonchev–Trinajstić information content (AvgIpc) is 2.45. The Morgan fingerprint density at radius 1 is 1.04 bits per heavy atom. The number of Topliss-reactive ketones (excluding diaryl/α,β-unsaturated/α-hetero) is 2. The predicted octanol–water partition coefficient (Wildman–Crippen LogP) is 3.85. The molecule has 0 spiro atoms. The Balaban J connectivity index is 2.42. The molecule has 1 atom stereocenters. The molecule has 1 N–H and O–H groups in total. The van der Waals surface area contributed by atoms with Gasteiger partial charge in [0.2, 0.25) is 0 Å². The van der Waals surface area contributed by atoms with E-state index in [-0.39, 0.29) is 30.1 Å². The number of nitrogens with zero attached hydrogens (tertiary/aromatic N) is 1. The standard InChI is InChI=1S/C20H27NO4/c1-18(2,3)16(22)11-15-20(24,12-17(23)19(4,5)6)25-14-10-8-7-9-13(14)21-15/h7-10,24H,11-12H2,1-6H3/t20-/m1/s1. The topological polar surface area (TPSA) is 76.0 Å². The Morgan fingerprint density at radius 3 is 2.16 bits per heavy atom. The fraction of sp³-hybridized carbons (Fsp3) is 0.550. The zero-order valence-electron chi connectivity index (χ0n) is 15.8. The van der Waals surface area contributed by atoms with Crippen LogP contribution in [0.2, 0.25) is 0 Å². The number of benzene rings is 1. The third-order valence-electron chi connectivity index (χ3n) is 4.25. The number of rotatable bonds is 4. The molecule has 0 aromatic heterocycles. The van der Waals surface area contributed by atoms with Crippen molar-refractivity contribution in [1.82, 2.24) is 0 Å². The molecule has 5 nitrogen and oxygen atoms in total. The summed E-state index contributed by atoms with van der Waals surface area (Å²) < 4.78 is 5.76. The van der Waals surface area contributed by atoms with Crippen molar-refractivity contribution in [1.29, 1.82) is 0 Å². The van der Waals surface area contributed by atoms with Gasteiger partial charge in [-0.3, -0.25) is 9.59 Å². The smallest absolute Gasteiger partial charge is 0.255 e. The second-order valence-electron chi connectivity index (χ2n) is 8.61. The van der Waals surface area contributed by atoms with Crippen LogP contribution in [-0.2, 0) is 9.59 Å². The number of fused-ring (bicyclic) bond motifs is 1. The summed E-state index contributed by atoms with van der Waals surface area (Å²) in [5.74, 6) is -1.74. The Kier molecular flexibility index (Phi) is 4.92. The molecule has 5 heteroatoms. The minimum Gasteiger partial charge on any atom is -0.454 e. The van der Waals surface area contributed by atoms with Crippen molar-refractivity contribution in [2.24, 2.45) is 15.8 Å². The van der Waals surface area contributed by atoms with E-state index in [9.17, 15) is 14.7 Å². The number of ketones is 2. The molecular formula is C20H27NO4. The van der Waals surface area contributed by atoms with E-state index in [0.29, 0.717) is 11.4 Å². The van der Waals surface area contributed by atoms with Crippen molar-refractivity contribution in [3.8, 4) is 5.75 Å². The monoisotopic (exact) mass is 345 g/mol. The van der Waals surface area contributed by atoms with Gasteiger partial charge in [-0.2, -0.15) is 0 Å². The Morgan fingerprint density at radius 2 is 1.60 bits per heavy atom. The highest BCUT2D eigenvalue weighted by Gasteiger charge is 2.45. The zero-order valence-corrected chi connectivity index (χ0v) is 15.8. The van der Waals surface area contributed by atoms with Gasteiger partial charge in [0.1, 0.15) is 23.0 Å². The number of ether oxygens (including phenoxy) is 1. The van der Waals surface area contributed by atoms with Crippen molar-refractivity contribution < 1.29 is 19.4 Å². The maximum Gasteiger partial charge on any atom is 0.255 e. The van der Waals surface area contributed by atoms with E-state index < -0.39 is 16.6 Å². The molecule has 0 fully saturated rings. The van der Waals surface area contributed by atoms with E-state index >= 15 is 0 Å². The quantitative estimate of drug-likeness (QED) is 0.899. The first-order valence-electron chi connectivity index (χ1n) is 8.48. The highest BCUT2D eigenvalue weighted by atomic mass is 16.6. The van der Waals surface area contributed by atoms with Gasteiger partial charge in [-0.25, -0.2) is 4.99 Å². The molecule has 136 valence electrons. The summed E-state index contributed by atoms with van der Waals surface area (Å²) in [6.07, 6.45) is -0.313. The molecule has 1 aliphatic rings. The molecule has 1 aliphatic heterocycles. The normalized spacial score (nSPS) is 20.4. The van der Waals surface area contributed by atoms with Gasteiger partial charge in [0.25, 0.3) is 5.79 Å². The zero-order chi connectivity index (χ0) is 19.0. The van der Waals surface area contributed by atoms with Crippen molar-refractivity contribution in [3.63, 3.8) is 0 Å². The SMILES string of the molecule is CC(C)(C)C(=O)CC1=Nc2ccccc2O[C@]1(O)CC(=O)C(C)(C)C. The summed E-state index contributed by atoms with van der Waals surface area (Å²) in [6, 6.07) is 7.01. The van der Waals surface area contributed by atoms with Crippen LogP contribution >= 0.6 is 0 Å². The van der Waals surface area contributed by atoms with Gasteiger partial charge < -0.3 is 9.84 Å². The molecule has 1 aromatic rings. The summed E-state index contributed by atoms with van der Waals surface area (Å²) in [5, 5.41) is 11.1. The fourth-order valence-corrected chi connectivity index (χ4v) is 2.33. The number of para-hydroxylation sites is 2. The fourth-order valence-electron chi connectivity index (χ4n) is 2.33. The van der Waals surface area contributed by atoms with E-state index in [0.717, 1.165) is 0 Å². The Hall–Kier alpha value is -2.01. The first kappa shape index (κ1) is 19.3. The van der Waals surface area contributed by atoms with Crippen molar-refractivity contribution >= 4 is 23.0 Å². The van der Waals surface area contributed by atoms with Crippen LogP contribution in [0.5, 0.6) is 5.75 Å². The van der Waals surface area contributed by atoms with Crippen LogP contribution in [-0.4, -0.2) is 28.2 Å². The van der Waals surface area contributed by atoms with Gasteiger partial charge in [-0.1, -0.05) is 53.7 Å². The average molecular weight is 345 g/mol. The number of carbonyl (C=O) groups is 2. The van der Waals surface area contributed by atoms with E-state index in [1.165, 1.54) is 0 Å². The molecule has 2 rings (SSSR count). The number of aliphatic imine (C=N–C) groups is 1. The third-order valence-corrected chi connectivity index (χ3v) is 4.25. The molecule has 1 aromatic carbocycles. The first-order chi connectivity index (χ1) is 11.3. The van der Waals surface area contributed by atoms with Gasteiger partial charge in [-0.15, -0.1) is 0 Å². The highest BCUT2D eigenvalue weighted by molar-refractivity contribution is 6.10. The number of aliphatic hydroxyl groups is 1. The van der Waals surface area contributed by atoms with Crippen LogP contribution in [0.15, 0.2) is 29.3 Å². The third kappa shape index (κ3) is 4.34. The molecule has 0 aliphatic carbocycles. The van der Waals surface area contributed by atoms with Crippen LogP contribution in [0.4, 0.5) is 5.69 Å². The van der Waals surface area contributed by atoms with Crippen LogP contribution in [0.3, 0.4) is 0 Å². The lowest BCUT2D eigenvalue weighted by Gasteiger charge is -2.35. The first-order valence-corrected chi connectivity index (χ1v) is 8.48. The lowest BCUT2D eigenvalue weighted by atomic mass is 9.82. The van der Waals surface area contributed by atoms with E-state index in [2.05, 4.69) is 4.99 Å². The van der Waals surface area contributed by atoms with Crippen LogP contribution in [0.1, 0.15) is 54.4 Å². The minimum absolute atomic E-state index is 0.0637. The number of hydrogen-bond donors (Lipinski definition) is 1. The maximum atomic E-state index is 12.5. The molecular weight excluding hydrogens is 318 g/mol. The molecule has 0 radical (unpaired) electrons. The molecule has 0 amide bonds. The maximum absolute atomic E-state index is 12.5. The number of carbonyl (C=O) groups excluding carboxylic acids is 2. The molecule has 0 unspecified atom stereocenters. The van der Waals surface area contributed by atoms with Crippen LogP contribution in [0, 0.1) is 10.8 Å². The summed E-state index contributed by atoms with van der Waals surface area (Å²) >= 11 is 0. The lowest BCUT2D eigenvalue weighted by Crippen LogP contribution is -2.50. The molecule has 0 saturated carbocycles. The Bertz CT molecular complexity index is 722. The van der Waals surface area contributed by atoms with Gasteiger partial charge in [0.15, 0.2) is 0 Å².